The van der Waals surface area contributed by atoms with E-state index >= 15 is 0 Å². The van der Waals surface area contributed by atoms with Crippen LogP contribution in [0.15, 0.2) is 55.0 Å². The molecule has 0 atom stereocenters. The number of amides is 1. The second-order valence-electron chi connectivity index (χ2n) is 4.44. The van der Waals surface area contributed by atoms with Gasteiger partial charge in [0.25, 0.3) is 0 Å². The van der Waals surface area contributed by atoms with Crippen LogP contribution in [0.3, 0.4) is 0 Å². The number of hydrogen-bond acceptors (Lipinski definition) is 3. The summed E-state index contributed by atoms with van der Waals surface area (Å²) >= 11 is 0. The molecule has 100 valence electrons. The first-order valence-electron chi connectivity index (χ1n) is 6.44. The number of rotatable bonds is 4. The standard InChI is InChI=1S/C15H14N4O/c20-14(18-15-16-8-3-9-17-15)7-11-19-10-6-12-4-1-2-5-13(12)19/h1-6,8-10H,7,11H2,(H,16,17,18,20). The van der Waals surface area contributed by atoms with E-state index in [4.69, 9.17) is 0 Å². The summed E-state index contributed by atoms with van der Waals surface area (Å²) in [4.78, 5) is 19.8. The SMILES string of the molecule is O=C(CCn1ccc2ccccc21)Nc1ncccn1. The van der Waals surface area contributed by atoms with E-state index in [0.29, 0.717) is 18.9 Å². The molecule has 0 aliphatic rings. The number of benzene rings is 1. The van der Waals surface area contributed by atoms with Crippen LogP contribution >= 0.6 is 0 Å². The molecule has 0 spiro atoms. The van der Waals surface area contributed by atoms with Crippen molar-refractivity contribution in [2.75, 3.05) is 5.32 Å². The number of hydrogen-bond donors (Lipinski definition) is 1. The van der Waals surface area contributed by atoms with Gasteiger partial charge in [-0.1, -0.05) is 18.2 Å². The van der Waals surface area contributed by atoms with Gasteiger partial charge in [-0.2, -0.15) is 0 Å². The van der Waals surface area contributed by atoms with Gasteiger partial charge in [-0.3, -0.25) is 10.1 Å². The van der Waals surface area contributed by atoms with Crippen LogP contribution in [-0.4, -0.2) is 20.4 Å². The Bertz CT molecular complexity index is 721. The van der Waals surface area contributed by atoms with Crippen LogP contribution in [0.5, 0.6) is 0 Å². The molecule has 0 aliphatic heterocycles. The highest BCUT2D eigenvalue weighted by Gasteiger charge is 2.05. The Morgan fingerprint density at radius 2 is 1.90 bits per heavy atom. The van der Waals surface area contributed by atoms with Crippen molar-refractivity contribution < 1.29 is 4.79 Å². The minimum absolute atomic E-state index is 0.0889. The van der Waals surface area contributed by atoms with Gasteiger partial charge in [0.05, 0.1) is 0 Å². The number of para-hydroxylation sites is 1. The van der Waals surface area contributed by atoms with Crippen LogP contribution in [0.4, 0.5) is 5.95 Å². The largest absolute Gasteiger partial charge is 0.347 e. The molecule has 0 bridgehead atoms. The number of carbonyl (C=O) groups is 1. The third-order valence-corrected chi connectivity index (χ3v) is 3.08. The predicted molar refractivity (Wildman–Crippen MR) is 77.2 cm³/mol. The molecule has 3 rings (SSSR count). The van der Waals surface area contributed by atoms with E-state index in [2.05, 4.69) is 25.9 Å². The molecule has 5 heteroatoms. The fourth-order valence-corrected chi connectivity index (χ4v) is 2.11. The third kappa shape index (κ3) is 2.66. The Kier molecular flexibility index (Phi) is 3.41. The van der Waals surface area contributed by atoms with Gasteiger partial charge in [-0.15, -0.1) is 0 Å². The Hall–Kier alpha value is -2.69. The fraction of sp³-hybridized carbons (Fsp3) is 0.133. The van der Waals surface area contributed by atoms with Gasteiger partial charge in [0.15, 0.2) is 0 Å². The Balaban J connectivity index is 1.63. The van der Waals surface area contributed by atoms with E-state index in [1.54, 1.807) is 18.5 Å². The molecule has 0 fully saturated rings. The molecule has 1 aromatic carbocycles. The quantitative estimate of drug-likeness (QED) is 0.789. The summed E-state index contributed by atoms with van der Waals surface area (Å²) in [5.41, 5.74) is 1.14. The van der Waals surface area contributed by atoms with Crippen molar-refractivity contribution in [1.29, 1.82) is 0 Å². The summed E-state index contributed by atoms with van der Waals surface area (Å²) in [6.07, 6.45) is 5.58. The summed E-state index contributed by atoms with van der Waals surface area (Å²) in [5, 5.41) is 3.86. The molecular weight excluding hydrogens is 252 g/mol. The maximum Gasteiger partial charge on any atom is 0.229 e. The lowest BCUT2D eigenvalue weighted by Gasteiger charge is -2.06. The molecular formula is C15H14N4O. The zero-order valence-corrected chi connectivity index (χ0v) is 10.9. The molecule has 0 unspecified atom stereocenters. The van der Waals surface area contributed by atoms with E-state index in [1.165, 1.54) is 5.39 Å². The highest BCUT2D eigenvalue weighted by Crippen LogP contribution is 2.15. The minimum Gasteiger partial charge on any atom is -0.347 e. The topological polar surface area (TPSA) is 59.8 Å². The number of anilines is 1. The summed E-state index contributed by atoms with van der Waals surface area (Å²) in [6, 6.07) is 11.9. The molecule has 2 heterocycles. The van der Waals surface area contributed by atoms with Crippen molar-refractivity contribution in [1.82, 2.24) is 14.5 Å². The highest BCUT2D eigenvalue weighted by molar-refractivity contribution is 5.89. The number of aryl methyl sites for hydroxylation is 1. The first kappa shape index (κ1) is 12.3. The third-order valence-electron chi connectivity index (χ3n) is 3.08. The first-order chi connectivity index (χ1) is 9.83. The Morgan fingerprint density at radius 3 is 2.75 bits per heavy atom. The van der Waals surface area contributed by atoms with Crippen molar-refractivity contribution in [3.63, 3.8) is 0 Å². The maximum atomic E-state index is 11.8. The van der Waals surface area contributed by atoms with Gasteiger partial charge in [-0.25, -0.2) is 9.97 Å². The van der Waals surface area contributed by atoms with Crippen molar-refractivity contribution in [3.05, 3.63) is 55.0 Å². The molecule has 20 heavy (non-hydrogen) atoms. The van der Waals surface area contributed by atoms with Gasteiger partial charge in [0.2, 0.25) is 11.9 Å². The lowest BCUT2D eigenvalue weighted by atomic mass is 10.2. The predicted octanol–water partition coefficient (Wildman–Crippen LogP) is 2.46. The van der Waals surface area contributed by atoms with Crippen LogP contribution in [0.2, 0.25) is 0 Å². The second-order valence-corrected chi connectivity index (χ2v) is 4.44. The maximum absolute atomic E-state index is 11.8. The second kappa shape index (κ2) is 5.52. The molecule has 3 aromatic rings. The van der Waals surface area contributed by atoms with Crippen molar-refractivity contribution in [2.45, 2.75) is 13.0 Å². The van der Waals surface area contributed by atoms with Gasteiger partial charge in [-0.05, 0) is 23.6 Å². The number of carbonyl (C=O) groups excluding carboxylic acids is 1. The van der Waals surface area contributed by atoms with E-state index in [-0.39, 0.29) is 5.91 Å². The molecule has 0 saturated heterocycles. The highest BCUT2D eigenvalue weighted by atomic mass is 16.1. The zero-order valence-electron chi connectivity index (χ0n) is 10.9. The summed E-state index contributed by atoms with van der Waals surface area (Å²) in [6.45, 7) is 0.631. The molecule has 1 amide bonds. The summed E-state index contributed by atoms with van der Waals surface area (Å²) < 4.78 is 2.07. The molecule has 0 saturated carbocycles. The normalized spacial score (nSPS) is 10.6. The van der Waals surface area contributed by atoms with Crippen LogP contribution < -0.4 is 5.32 Å². The van der Waals surface area contributed by atoms with E-state index in [0.717, 1.165) is 5.52 Å². The first-order valence-corrected chi connectivity index (χ1v) is 6.44. The average molecular weight is 266 g/mol. The van der Waals surface area contributed by atoms with E-state index < -0.39 is 0 Å². The number of nitrogens with zero attached hydrogens (tertiary/aromatic N) is 3. The van der Waals surface area contributed by atoms with E-state index in [1.807, 2.05) is 30.5 Å². The van der Waals surface area contributed by atoms with Crippen LogP contribution in [-0.2, 0) is 11.3 Å². The van der Waals surface area contributed by atoms with Crippen molar-refractivity contribution in [3.8, 4) is 0 Å². The molecule has 2 aromatic heterocycles. The lowest BCUT2D eigenvalue weighted by Crippen LogP contribution is -2.15. The molecule has 0 radical (unpaired) electrons. The molecule has 5 nitrogen and oxygen atoms in total. The summed E-state index contributed by atoms with van der Waals surface area (Å²) in [7, 11) is 0. The Morgan fingerprint density at radius 1 is 1.10 bits per heavy atom. The van der Waals surface area contributed by atoms with E-state index in [9.17, 15) is 4.79 Å². The van der Waals surface area contributed by atoms with Crippen LogP contribution in [0.25, 0.3) is 10.9 Å². The smallest absolute Gasteiger partial charge is 0.229 e. The van der Waals surface area contributed by atoms with Gasteiger partial charge in [0, 0.05) is 37.1 Å². The zero-order chi connectivity index (χ0) is 13.8. The number of fused-ring (bicyclic) bond motifs is 1. The number of aromatic nitrogens is 3. The molecule has 1 N–H and O–H groups in total. The van der Waals surface area contributed by atoms with Crippen molar-refractivity contribution >= 4 is 22.8 Å². The average Bonchev–Trinajstić information content (AvgIpc) is 2.89. The minimum atomic E-state index is -0.0889. The van der Waals surface area contributed by atoms with Gasteiger partial charge in [0.1, 0.15) is 0 Å². The fourth-order valence-electron chi connectivity index (χ4n) is 2.11. The monoisotopic (exact) mass is 266 g/mol. The Labute approximate surface area is 116 Å². The summed E-state index contributed by atoms with van der Waals surface area (Å²) in [5.74, 6) is 0.254. The van der Waals surface area contributed by atoms with Gasteiger partial charge < -0.3 is 4.57 Å². The molecule has 0 aliphatic carbocycles. The lowest BCUT2D eigenvalue weighted by molar-refractivity contribution is -0.116. The number of nitrogens with one attached hydrogen (secondary N) is 1. The van der Waals surface area contributed by atoms with Crippen molar-refractivity contribution in [2.24, 2.45) is 0 Å². The van der Waals surface area contributed by atoms with Gasteiger partial charge >= 0.3 is 0 Å². The van der Waals surface area contributed by atoms with Crippen LogP contribution in [0, 0.1) is 0 Å². The van der Waals surface area contributed by atoms with Crippen LogP contribution in [0.1, 0.15) is 6.42 Å².